The SMILES string of the molecule is Cc1cc(C)c(S(=O)(=O)NCc2ccccc2C(F)(F)F)c(C)c1. The molecular formula is C17H18F3NO2S. The first kappa shape index (κ1) is 18.5. The highest BCUT2D eigenvalue weighted by molar-refractivity contribution is 7.89. The van der Waals surface area contributed by atoms with Crippen LogP contribution in [0.1, 0.15) is 27.8 Å². The Morgan fingerprint density at radius 1 is 1.00 bits per heavy atom. The largest absolute Gasteiger partial charge is 0.416 e. The summed E-state index contributed by atoms with van der Waals surface area (Å²) in [5, 5.41) is 0. The second-order valence-electron chi connectivity index (χ2n) is 5.71. The third-order valence-corrected chi connectivity index (χ3v) is 5.35. The van der Waals surface area contributed by atoms with E-state index in [-0.39, 0.29) is 10.5 Å². The average molecular weight is 357 g/mol. The molecule has 7 heteroatoms. The number of aryl methyl sites for hydroxylation is 3. The summed E-state index contributed by atoms with van der Waals surface area (Å²) in [4.78, 5) is 0.109. The van der Waals surface area contributed by atoms with Gasteiger partial charge in [0.15, 0.2) is 0 Å². The van der Waals surface area contributed by atoms with E-state index in [0.717, 1.165) is 11.6 Å². The summed E-state index contributed by atoms with van der Waals surface area (Å²) < 4.78 is 66.3. The zero-order chi connectivity index (χ0) is 18.1. The minimum Gasteiger partial charge on any atom is -0.207 e. The van der Waals surface area contributed by atoms with Crippen molar-refractivity contribution in [2.45, 2.75) is 38.4 Å². The van der Waals surface area contributed by atoms with Crippen LogP contribution in [0.25, 0.3) is 0 Å². The molecule has 0 aliphatic heterocycles. The summed E-state index contributed by atoms with van der Waals surface area (Å²) >= 11 is 0. The van der Waals surface area contributed by atoms with Crippen molar-refractivity contribution in [3.63, 3.8) is 0 Å². The number of hydrogen-bond donors (Lipinski definition) is 1. The van der Waals surface area contributed by atoms with E-state index >= 15 is 0 Å². The van der Waals surface area contributed by atoms with Gasteiger partial charge in [-0.05, 0) is 43.5 Å². The fraction of sp³-hybridized carbons (Fsp3) is 0.294. The zero-order valence-electron chi connectivity index (χ0n) is 13.5. The van der Waals surface area contributed by atoms with E-state index in [0.29, 0.717) is 11.1 Å². The average Bonchev–Trinajstić information content (AvgIpc) is 2.43. The van der Waals surface area contributed by atoms with Crippen LogP contribution in [0.3, 0.4) is 0 Å². The van der Waals surface area contributed by atoms with Crippen LogP contribution in [0.15, 0.2) is 41.3 Å². The molecule has 2 aromatic carbocycles. The molecule has 3 nitrogen and oxygen atoms in total. The highest BCUT2D eigenvalue weighted by atomic mass is 32.2. The number of sulfonamides is 1. The van der Waals surface area contributed by atoms with Gasteiger partial charge in [-0.1, -0.05) is 35.9 Å². The van der Waals surface area contributed by atoms with Crippen molar-refractivity contribution in [3.8, 4) is 0 Å². The van der Waals surface area contributed by atoms with Crippen molar-refractivity contribution >= 4 is 10.0 Å². The molecular weight excluding hydrogens is 339 g/mol. The molecule has 0 aliphatic carbocycles. The Morgan fingerprint density at radius 3 is 2.08 bits per heavy atom. The minimum absolute atomic E-state index is 0.109. The first-order valence-corrected chi connectivity index (χ1v) is 8.73. The molecule has 0 fully saturated rings. The molecule has 0 aliphatic rings. The van der Waals surface area contributed by atoms with Crippen LogP contribution >= 0.6 is 0 Å². The van der Waals surface area contributed by atoms with Gasteiger partial charge in [0.25, 0.3) is 0 Å². The lowest BCUT2D eigenvalue weighted by molar-refractivity contribution is -0.138. The molecule has 0 amide bonds. The maximum absolute atomic E-state index is 13.0. The van der Waals surface area contributed by atoms with E-state index in [2.05, 4.69) is 4.72 Å². The Bertz CT molecular complexity index is 835. The standard InChI is InChI=1S/C17H18F3NO2S/c1-11-8-12(2)16(13(3)9-11)24(22,23)21-10-14-6-4-5-7-15(14)17(18,19)20/h4-9,21H,10H2,1-3H3. The topological polar surface area (TPSA) is 46.2 Å². The lowest BCUT2D eigenvalue weighted by Gasteiger charge is -2.15. The molecule has 0 spiro atoms. The fourth-order valence-electron chi connectivity index (χ4n) is 2.79. The summed E-state index contributed by atoms with van der Waals surface area (Å²) in [6.07, 6.45) is -4.53. The van der Waals surface area contributed by atoms with Gasteiger partial charge < -0.3 is 0 Å². The molecule has 0 radical (unpaired) electrons. The third-order valence-electron chi connectivity index (χ3n) is 3.65. The Balaban J connectivity index is 2.34. The number of hydrogen-bond acceptors (Lipinski definition) is 2. The van der Waals surface area contributed by atoms with Gasteiger partial charge >= 0.3 is 6.18 Å². The molecule has 2 aromatic rings. The monoisotopic (exact) mass is 357 g/mol. The predicted octanol–water partition coefficient (Wildman–Crippen LogP) is 4.11. The van der Waals surface area contributed by atoms with Crippen LogP contribution in [0.2, 0.25) is 0 Å². The zero-order valence-corrected chi connectivity index (χ0v) is 14.3. The fourth-order valence-corrected chi connectivity index (χ4v) is 4.24. The number of halogens is 3. The van der Waals surface area contributed by atoms with E-state index in [1.54, 1.807) is 26.0 Å². The highest BCUT2D eigenvalue weighted by Gasteiger charge is 2.33. The lowest BCUT2D eigenvalue weighted by Crippen LogP contribution is -2.26. The molecule has 130 valence electrons. The van der Waals surface area contributed by atoms with Crippen LogP contribution in [-0.2, 0) is 22.7 Å². The van der Waals surface area contributed by atoms with Gasteiger partial charge in [-0.3, -0.25) is 0 Å². The minimum atomic E-state index is -4.53. The molecule has 24 heavy (non-hydrogen) atoms. The number of alkyl halides is 3. The normalized spacial score (nSPS) is 12.4. The summed E-state index contributed by atoms with van der Waals surface area (Å²) in [5.41, 5.74) is 1.08. The first-order chi connectivity index (χ1) is 11.0. The van der Waals surface area contributed by atoms with Crippen molar-refractivity contribution in [1.82, 2.24) is 4.72 Å². The van der Waals surface area contributed by atoms with E-state index in [4.69, 9.17) is 0 Å². The molecule has 0 aromatic heterocycles. The van der Waals surface area contributed by atoms with Crippen LogP contribution in [0, 0.1) is 20.8 Å². The van der Waals surface area contributed by atoms with Crippen molar-refractivity contribution in [2.24, 2.45) is 0 Å². The lowest BCUT2D eigenvalue weighted by atomic mass is 10.1. The van der Waals surface area contributed by atoms with Crippen molar-refractivity contribution < 1.29 is 21.6 Å². The Kier molecular flexibility index (Phi) is 5.05. The van der Waals surface area contributed by atoms with Crippen molar-refractivity contribution in [1.29, 1.82) is 0 Å². The van der Waals surface area contributed by atoms with Gasteiger partial charge in [0.05, 0.1) is 10.5 Å². The molecule has 0 bridgehead atoms. The third kappa shape index (κ3) is 3.96. The highest BCUT2D eigenvalue weighted by Crippen LogP contribution is 2.32. The molecule has 0 unspecified atom stereocenters. The predicted molar refractivity (Wildman–Crippen MR) is 86.1 cm³/mol. The number of benzene rings is 2. The van der Waals surface area contributed by atoms with Crippen LogP contribution in [0.5, 0.6) is 0 Å². The quantitative estimate of drug-likeness (QED) is 0.895. The van der Waals surface area contributed by atoms with Gasteiger partial charge in [-0.15, -0.1) is 0 Å². The molecule has 0 saturated carbocycles. The first-order valence-electron chi connectivity index (χ1n) is 7.25. The second kappa shape index (κ2) is 6.57. The van der Waals surface area contributed by atoms with Crippen LogP contribution in [-0.4, -0.2) is 8.42 Å². The Labute approximate surface area is 139 Å². The maximum atomic E-state index is 13.0. The van der Waals surface area contributed by atoms with Gasteiger partial charge in [0, 0.05) is 6.54 Å². The second-order valence-corrected chi connectivity index (χ2v) is 7.41. The van der Waals surface area contributed by atoms with Gasteiger partial charge in [0.1, 0.15) is 0 Å². The van der Waals surface area contributed by atoms with Gasteiger partial charge in [-0.25, -0.2) is 13.1 Å². The number of nitrogens with one attached hydrogen (secondary N) is 1. The maximum Gasteiger partial charge on any atom is 0.416 e. The van der Waals surface area contributed by atoms with Crippen molar-refractivity contribution in [2.75, 3.05) is 0 Å². The summed E-state index contributed by atoms with van der Waals surface area (Å²) in [5.74, 6) is 0. The molecule has 0 atom stereocenters. The Hall–Kier alpha value is -1.86. The van der Waals surface area contributed by atoms with E-state index in [9.17, 15) is 21.6 Å². The van der Waals surface area contributed by atoms with Crippen LogP contribution in [0.4, 0.5) is 13.2 Å². The van der Waals surface area contributed by atoms with Gasteiger partial charge in [0.2, 0.25) is 10.0 Å². The summed E-state index contributed by atoms with van der Waals surface area (Å²) in [7, 11) is -3.92. The van der Waals surface area contributed by atoms with Crippen molar-refractivity contribution in [3.05, 3.63) is 64.2 Å². The summed E-state index contributed by atoms with van der Waals surface area (Å²) in [6.45, 7) is 4.75. The smallest absolute Gasteiger partial charge is 0.207 e. The number of rotatable bonds is 4. The van der Waals surface area contributed by atoms with E-state index in [1.165, 1.54) is 18.2 Å². The molecule has 0 heterocycles. The Morgan fingerprint density at radius 2 is 1.54 bits per heavy atom. The van der Waals surface area contributed by atoms with Gasteiger partial charge in [-0.2, -0.15) is 13.2 Å². The molecule has 0 saturated heterocycles. The molecule has 2 rings (SSSR count). The van der Waals surface area contributed by atoms with Crippen LogP contribution < -0.4 is 4.72 Å². The summed E-state index contributed by atoms with van der Waals surface area (Å²) in [6, 6.07) is 8.37. The van der Waals surface area contributed by atoms with E-state index < -0.39 is 28.3 Å². The van der Waals surface area contributed by atoms with E-state index in [1.807, 2.05) is 6.92 Å². The molecule has 1 N–H and O–H groups in total.